The van der Waals surface area contributed by atoms with Crippen molar-refractivity contribution in [3.63, 3.8) is 0 Å². The van der Waals surface area contributed by atoms with Crippen molar-refractivity contribution >= 4 is 18.3 Å². The highest BCUT2D eigenvalue weighted by Gasteiger charge is 2.18. The van der Waals surface area contributed by atoms with Gasteiger partial charge in [0.2, 0.25) is 5.91 Å². The second-order valence-electron chi connectivity index (χ2n) is 4.16. The van der Waals surface area contributed by atoms with Crippen LogP contribution in [0, 0.1) is 0 Å². The number of hydrogen-bond acceptors (Lipinski definition) is 3. The van der Waals surface area contributed by atoms with E-state index in [1.54, 1.807) is 0 Å². The number of ether oxygens (including phenoxy) is 1. The number of halogens is 1. The summed E-state index contributed by atoms with van der Waals surface area (Å²) in [6.45, 7) is 6.55. The molecule has 1 aliphatic rings. The zero-order valence-electron chi connectivity index (χ0n) is 10.4. The van der Waals surface area contributed by atoms with Crippen LogP contribution in [0.4, 0.5) is 0 Å². The van der Waals surface area contributed by atoms with Gasteiger partial charge in [0.25, 0.3) is 0 Å². The molecule has 0 aromatic carbocycles. The third kappa shape index (κ3) is 4.68. The number of rotatable bonds is 6. The molecule has 0 aromatic rings. The summed E-state index contributed by atoms with van der Waals surface area (Å²) in [5.74, 6) is 0.177. The molecule has 0 saturated carbocycles. The van der Waals surface area contributed by atoms with E-state index in [-0.39, 0.29) is 18.3 Å². The van der Waals surface area contributed by atoms with E-state index >= 15 is 0 Å². The summed E-state index contributed by atoms with van der Waals surface area (Å²) < 4.78 is 5.50. The highest BCUT2D eigenvalue weighted by Crippen LogP contribution is 2.04. The molecule has 1 rings (SSSR count). The van der Waals surface area contributed by atoms with Crippen molar-refractivity contribution in [3.8, 4) is 0 Å². The molecule has 0 bridgehead atoms. The molecule has 0 aliphatic carbocycles. The molecule has 1 saturated heterocycles. The first-order chi connectivity index (χ1) is 7.15. The van der Waals surface area contributed by atoms with Crippen LogP contribution in [-0.4, -0.2) is 49.7 Å². The smallest absolute Gasteiger partial charge is 0.224 e. The van der Waals surface area contributed by atoms with Crippen LogP contribution in [0.1, 0.15) is 26.7 Å². The molecule has 0 aromatic heterocycles. The van der Waals surface area contributed by atoms with E-state index in [1.165, 1.54) is 0 Å². The van der Waals surface area contributed by atoms with Crippen LogP contribution < -0.4 is 5.32 Å². The van der Waals surface area contributed by atoms with Gasteiger partial charge in [-0.15, -0.1) is 12.4 Å². The van der Waals surface area contributed by atoms with Gasteiger partial charge in [0.15, 0.2) is 0 Å². The van der Waals surface area contributed by atoms with Gasteiger partial charge in [-0.05, 0) is 13.3 Å². The van der Waals surface area contributed by atoms with Crippen LogP contribution in [-0.2, 0) is 9.53 Å². The summed E-state index contributed by atoms with van der Waals surface area (Å²) in [7, 11) is 1.86. The fraction of sp³-hybridized carbons (Fsp3) is 0.909. The number of amides is 1. The van der Waals surface area contributed by atoms with Gasteiger partial charge < -0.3 is 15.0 Å². The van der Waals surface area contributed by atoms with E-state index < -0.39 is 0 Å². The van der Waals surface area contributed by atoms with Crippen molar-refractivity contribution in [2.45, 2.75) is 38.8 Å². The zero-order valence-corrected chi connectivity index (χ0v) is 11.2. The molecule has 1 aliphatic heterocycles. The lowest BCUT2D eigenvalue weighted by molar-refractivity contribution is -0.133. The van der Waals surface area contributed by atoms with Gasteiger partial charge >= 0.3 is 0 Å². The van der Waals surface area contributed by atoms with Crippen LogP contribution >= 0.6 is 12.4 Å². The predicted molar refractivity (Wildman–Crippen MR) is 67.0 cm³/mol. The lowest BCUT2D eigenvalue weighted by Gasteiger charge is -2.28. The zero-order chi connectivity index (χ0) is 11.3. The second-order valence-corrected chi connectivity index (χ2v) is 4.16. The molecule has 1 fully saturated rings. The van der Waals surface area contributed by atoms with Crippen LogP contribution in [0.15, 0.2) is 0 Å². The summed E-state index contributed by atoms with van der Waals surface area (Å²) in [6.07, 6.45) is 1.82. The molecule has 1 unspecified atom stereocenters. The first-order valence-corrected chi connectivity index (χ1v) is 5.73. The van der Waals surface area contributed by atoms with E-state index in [0.29, 0.717) is 25.2 Å². The van der Waals surface area contributed by atoms with E-state index in [2.05, 4.69) is 19.2 Å². The van der Waals surface area contributed by atoms with Gasteiger partial charge in [-0.3, -0.25) is 4.79 Å². The Bertz CT molecular complexity index is 210. The molecule has 96 valence electrons. The minimum absolute atomic E-state index is 0. The molecule has 5 heteroatoms. The predicted octanol–water partition coefficient (Wildman–Crippen LogP) is 1.04. The van der Waals surface area contributed by atoms with E-state index in [0.717, 1.165) is 19.5 Å². The lowest BCUT2D eigenvalue weighted by atomic mass is 10.2. The van der Waals surface area contributed by atoms with Gasteiger partial charge in [0.1, 0.15) is 0 Å². The number of nitrogens with zero attached hydrogens (tertiary/aromatic N) is 1. The minimum Gasteiger partial charge on any atom is -0.375 e. The summed E-state index contributed by atoms with van der Waals surface area (Å²) in [5, 5.41) is 3.13. The Balaban J connectivity index is 0.00000225. The van der Waals surface area contributed by atoms with Crippen molar-refractivity contribution in [2.75, 3.05) is 26.7 Å². The van der Waals surface area contributed by atoms with E-state index in [9.17, 15) is 4.79 Å². The van der Waals surface area contributed by atoms with Gasteiger partial charge in [-0.25, -0.2) is 0 Å². The maximum atomic E-state index is 11.7. The SMILES string of the molecule is CCC(C)N(C)C(=O)CCOC1CNC1.Cl. The van der Waals surface area contributed by atoms with Crippen LogP contribution in [0.3, 0.4) is 0 Å². The quantitative estimate of drug-likeness (QED) is 0.766. The summed E-state index contributed by atoms with van der Waals surface area (Å²) in [5.41, 5.74) is 0. The first kappa shape index (κ1) is 15.7. The number of carbonyl (C=O) groups is 1. The number of nitrogens with one attached hydrogen (secondary N) is 1. The standard InChI is InChI=1S/C11H22N2O2.ClH/c1-4-9(2)13(3)11(14)5-6-15-10-7-12-8-10;/h9-10,12H,4-8H2,1-3H3;1H. The fourth-order valence-corrected chi connectivity index (χ4v) is 1.39. The molecular formula is C11H23ClN2O2. The number of carbonyl (C=O) groups excluding carboxylic acids is 1. The van der Waals surface area contributed by atoms with Crippen LogP contribution in [0.2, 0.25) is 0 Å². The van der Waals surface area contributed by atoms with Crippen molar-refractivity contribution in [3.05, 3.63) is 0 Å². The molecule has 0 spiro atoms. The van der Waals surface area contributed by atoms with Crippen molar-refractivity contribution in [1.82, 2.24) is 10.2 Å². The maximum absolute atomic E-state index is 11.7. The summed E-state index contributed by atoms with van der Waals surface area (Å²) in [4.78, 5) is 13.5. The molecule has 4 nitrogen and oxygen atoms in total. The Morgan fingerprint density at radius 2 is 2.19 bits per heavy atom. The second kappa shape index (κ2) is 7.87. The number of hydrogen-bond donors (Lipinski definition) is 1. The van der Waals surface area contributed by atoms with Crippen LogP contribution in [0.5, 0.6) is 0 Å². The van der Waals surface area contributed by atoms with Gasteiger partial charge in [0.05, 0.1) is 19.1 Å². The highest BCUT2D eigenvalue weighted by atomic mass is 35.5. The molecule has 1 heterocycles. The topological polar surface area (TPSA) is 41.6 Å². The summed E-state index contributed by atoms with van der Waals surface area (Å²) >= 11 is 0. The first-order valence-electron chi connectivity index (χ1n) is 5.73. The van der Waals surface area contributed by atoms with Crippen LogP contribution in [0.25, 0.3) is 0 Å². The Morgan fingerprint density at radius 3 is 2.62 bits per heavy atom. The average Bonchev–Trinajstić information content (AvgIpc) is 2.19. The summed E-state index contributed by atoms with van der Waals surface area (Å²) in [6, 6.07) is 0.322. The molecule has 1 N–H and O–H groups in total. The average molecular weight is 251 g/mol. The largest absolute Gasteiger partial charge is 0.375 e. The Morgan fingerprint density at radius 1 is 1.56 bits per heavy atom. The fourth-order valence-electron chi connectivity index (χ4n) is 1.39. The van der Waals surface area contributed by atoms with Gasteiger partial charge in [0, 0.05) is 26.2 Å². The monoisotopic (exact) mass is 250 g/mol. The highest BCUT2D eigenvalue weighted by molar-refractivity contribution is 5.85. The normalized spacial score (nSPS) is 17.2. The minimum atomic E-state index is 0. The van der Waals surface area contributed by atoms with Crippen molar-refractivity contribution in [2.24, 2.45) is 0 Å². The van der Waals surface area contributed by atoms with Gasteiger partial charge in [-0.1, -0.05) is 6.92 Å². The van der Waals surface area contributed by atoms with Crippen molar-refractivity contribution in [1.29, 1.82) is 0 Å². The Hall–Kier alpha value is -0.320. The third-order valence-corrected chi connectivity index (χ3v) is 3.06. The maximum Gasteiger partial charge on any atom is 0.224 e. The molecule has 1 amide bonds. The van der Waals surface area contributed by atoms with Gasteiger partial charge in [-0.2, -0.15) is 0 Å². The molecule has 1 atom stereocenters. The Kier molecular flexibility index (Phi) is 7.72. The van der Waals surface area contributed by atoms with E-state index in [4.69, 9.17) is 4.74 Å². The molecule has 0 radical (unpaired) electrons. The lowest BCUT2D eigenvalue weighted by Crippen LogP contribution is -2.48. The third-order valence-electron chi connectivity index (χ3n) is 3.06. The molecule has 16 heavy (non-hydrogen) atoms. The Labute approximate surface area is 104 Å². The molecular weight excluding hydrogens is 228 g/mol. The van der Waals surface area contributed by atoms with Crippen molar-refractivity contribution < 1.29 is 9.53 Å². The van der Waals surface area contributed by atoms with E-state index in [1.807, 2.05) is 11.9 Å².